The number of unbranched alkanes of at least 4 members (excludes halogenated alkanes) is 26. The Morgan fingerprint density at radius 1 is 0.496 bits per heavy atom. The molecular formula is C83H122Cl2N16O14P2S2. The summed E-state index contributed by atoms with van der Waals surface area (Å²) >= 11 is 16.3. The van der Waals surface area contributed by atoms with Gasteiger partial charge in [-0.05, 0) is 125 Å². The number of benzene rings is 2. The van der Waals surface area contributed by atoms with Crippen molar-refractivity contribution in [1.29, 1.82) is 10.5 Å². The summed E-state index contributed by atoms with van der Waals surface area (Å²) < 4.78 is 92.6. The molecule has 1 unspecified atom stereocenters. The monoisotopic (exact) mass is 1760 g/mol. The Hall–Kier alpha value is -6.52. The largest absolute Gasteiger partial charge is 0.532 e. The van der Waals surface area contributed by atoms with E-state index in [0.717, 1.165) is 32.6 Å². The van der Waals surface area contributed by atoms with E-state index in [0.29, 0.717) is 46.3 Å². The number of nitriles is 2. The summed E-state index contributed by atoms with van der Waals surface area (Å²) in [5.74, 6) is 3.19. The van der Waals surface area contributed by atoms with Gasteiger partial charge in [-0.1, -0.05) is 228 Å². The second kappa shape index (κ2) is 49.1. The van der Waals surface area contributed by atoms with E-state index >= 15 is 0 Å². The first-order valence-electron chi connectivity index (χ1n) is 42.2. The molecule has 654 valence electrons. The maximum Gasteiger partial charge on any atom is 0.532 e. The normalized spacial score (nSPS) is 21.2. The lowest BCUT2D eigenvalue weighted by Gasteiger charge is -2.29. The van der Waals surface area contributed by atoms with E-state index in [2.05, 4.69) is 66.3 Å². The van der Waals surface area contributed by atoms with Crippen molar-refractivity contribution in [3.63, 3.8) is 0 Å². The fourth-order valence-electron chi connectivity index (χ4n) is 14.6. The van der Waals surface area contributed by atoms with Crippen molar-refractivity contribution in [3.05, 3.63) is 132 Å². The Balaban J connectivity index is 0.000000204. The molecule has 30 nitrogen and oxygen atoms in total. The molecule has 0 aliphatic carbocycles. The van der Waals surface area contributed by atoms with E-state index in [4.69, 9.17) is 86.3 Å². The Morgan fingerprint density at radius 2 is 0.899 bits per heavy atom. The second-order valence-electron chi connectivity index (χ2n) is 30.8. The molecule has 10 heterocycles. The number of nitrogens with zero attached hydrogens (tertiary/aromatic N) is 14. The predicted octanol–water partition coefficient (Wildman–Crippen LogP) is 19.0. The zero-order valence-corrected chi connectivity index (χ0v) is 74.6. The number of nitrogens with two attached hydrogens (primary N) is 2. The van der Waals surface area contributed by atoms with Crippen molar-refractivity contribution in [2.24, 2.45) is 0 Å². The zero-order chi connectivity index (χ0) is 85.0. The Kier molecular flexibility index (Phi) is 39.7. The molecule has 0 bridgehead atoms. The van der Waals surface area contributed by atoms with E-state index in [9.17, 15) is 24.8 Å². The molecule has 0 saturated carbocycles. The Labute approximate surface area is 719 Å². The van der Waals surface area contributed by atoms with Gasteiger partial charge in [0.25, 0.3) is 0 Å². The third kappa shape index (κ3) is 27.5. The first-order valence-corrected chi connectivity index (χ1v) is 48.3. The Morgan fingerprint density at radius 3 is 1.32 bits per heavy atom. The number of rotatable bonds is 49. The number of anilines is 2. The molecule has 4 aliphatic rings. The van der Waals surface area contributed by atoms with E-state index in [1.165, 1.54) is 233 Å². The first-order chi connectivity index (χ1) is 57.6. The van der Waals surface area contributed by atoms with Gasteiger partial charge in [-0.2, -0.15) is 44.2 Å². The van der Waals surface area contributed by atoms with Crippen molar-refractivity contribution in [2.45, 2.75) is 294 Å². The summed E-state index contributed by atoms with van der Waals surface area (Å²) in [6, 6.07) is 24.5. The van der Waals surface area contributed by atoms with Gasteiger partial charge in [0.05, 0.1) is 34.6 Å². The number of thioether (sulfide) groups is 2. The molecule has 9 atom stereocenters. The SMILES string of the molecule is CC1(C)O[C@H]2[C@@H](O1)[C@](C#N)(c1ccc3c(N)ncnn13)O[C@@H]2CO.CCCCCCCCCCCCCCCCSCCCO.CCCCCCCCCCCCCCCCSCCCOP(=O)(Oc1ccccc1Cl)O[C@H]1O[C@@](C#N)(c2ccc3c(N)ncnn23)[C@@H]2OC(C)(C)O[C@H]12.O=P(Oc1ccccc1Cl)(n1cncn1)n1cncn1. The fourth-order valence-corrected chi connectivity index (χ4v) is 19.8. The third-order valence-electron chi connectivity index (χ3n) is 20.6. The molecule has 12 rings (SSSR count). The standard InChI is InChI=1S/C39H57ClN5O7PS.C19H40OS.C15H17N5O4.C10H8ClN6O2P/c1-4-5-6-7-8-9-10-11-12-13-14-15-16-19-26-54-27-20-25-47-53(46,51-32-22-18-17-21-30(32)40)52-37-34-35(49-38(2,3)48-34)39(28-41,50-37)33-24-23-31-36(42)43-29-44-45(31)33;1-2-3-4-5-6-7-8-9-10-11-12-13-14-15-18-21-19-16-17-20;1-14(2)23-11-9(5-21)22-15(6-16,12(11)24-14)10-4-3-8-13(17)18-7-19-20(8)10;11-9-3-1-2-4-10(9)19-20(18,16-7-12-5-14-16)17-8-13-6-15-17/h17-18,21-24,29,34-35,37H,4-16,19-20,25-27H2,1-3H3,(H2,42,43,44);20H,2-19H2,1H3;3-4,7,9,11-12,21H,5H2,1-2H3,(H2,17,18,19);1-8H/t34-,35+,37+,39-,53?;;9-,11-,12-,15+;/m0.1./s1. The van der Waals surface area contributed by atoms with E-state index < -0.39 is 75.1 Å². The maximum absolute atomic E-state index is 14.4. The van der Waals surface area contributed by atoms with Crippen molar-refractivity contribution in [2.75, 3.05) is 54.3 Å². The average Bonchev–Trinajstić information content (AvgIpc) is 1.56. The summed E-state index contributed by atoms with van der Waals surface area (Å²) in [6.45, 7) is 11.7. The van der Waals surface area contributed by atoms with Gasteiger partial charge in [-0.25, -0.2) is 42.6 Å². The van der Waals surface area contributed by atoms with Crippen molar-refractivity contribution in [1.82, 2.24) is 58.3 Å². The van der Waals surface area contributed by atoms with Crippen LogP contribution in [-0.2, 0) is 57.8 Å². The number of nitrogen functional groups attached to an aromatic ring is 2. The molecule has 0 amide bonds. The minimum atomic E-state index is -4.42. The highest BCUT2D eigenvalue weighted by Crippen LogP contribution is 2.58. The van der Waals surface area contributed by atoms with E-state index in [1.807, 2.05) is 23.5 Å². The lowest BCUT2D eigenvalue weighted by Crippen LogP contribution is -2.40. The highest BCUT2D eigenvalue weighted by Gasteiger charge is 2.68. The Bertz CT molecular complexity index is 4410. The van der Waals surface area contributed by atoms with Crippen LogP contribution in [0.1, 0.15) is 246 Å². The summed E-state index contributed by atoms with van der Waals surface area (Å²) in [7, 11) is -8.09. The number of para-hydroxylation sites is 2. The second-order valence-corrected chi connectivity index (χ2v) is 37.6. The van der Waals surface area contributed by atoms with Gasteiger partial charge in [0.1, 0.15) is 103 Å². The number of aromatic nitrogens is 12. The van der Waals surface area contributed by atoms with Crippen molar-refractivity contribution >= 4 is 84.9 Å². The van der Waals surface area contributed by atoms with Crippen LogP contribution in [0.2, 0.25) is 10.0 Å². The summed E-state index contributed by atoms with van der Waals surface area (Å²) in [5, 5.41) is 55.7. The van der Waals surface area contributed by atoms with Gasteiger partial charge < -0.3 is 59.1 Å². The number of ether oxygens (including phenoxy) is 6. The molecule has 6 N–H and O–H groups in total. The lowest BCUT2D eigenvalue weighted by molar-refractivity contribution is -0.232. The van der Waals surface area contributed by atoms with Gasteiger partial charge in [-0.3, -0.25) is 4.52 Å². The molecule has 4 fully saturated rings. The van der Waals surface area contributed by atoms with Crippen LogP contribution in [0.15, 0.2) is 111 Å². The summed E-state index contributed by atoms with van der Waals surface area (Å²) in [4.78, 5) is 15.5. The van der Waals surface area contributed by atoms with Gasteiger partial charge in [0.15, 0.2) is 23.2 Å². The first kappa shape index (κ1) is 96.3. The van der Waals surface area contributed by atoms with Gasteiger partial charge in [-0.15, -0.1) is 19.1 Å². The smallest absolute Gasteiger partial charge is 0.410 e. The lowest BCUT2D eigenvalue weighted by atomic mass is 9.92. The van der Waals surface area contributed by atoms with Crippen LogP contribution in [-0.4, -0.2) is 160 Å². The van der Waals surface area contributed by atoms with Gasteiger partial charge in [0, 0.05) is 6.61 Å². The average molecular weight is 1760 g/mol. The fraction of sp³-hybridized carbons (Fsp3) is 0.639. The number of phosphoric ester groups is 1. The molecule has 4 aliphatic heterocycles. The molecule has 8 aromatic rings. The molecular weight excluding hydrogens is 1640 g/mol. The van der Waals surface area contributed by atoms with Gasteiger partial charge >= 0.3 is 15.5 Å². The summed E-state index contributed by atoms with van der Waals surface area (Å²) in [5.41, 5.74) is 10.5. The van der Waals surface area contributed by atoms with E-state index in [-0.39, 0.29) is 35.6 Å². The predicted molar refractivity (Wildman–Crippen MR) is 463 cm³/mol. The van der Waals surface area contributed by atoms with Crippen LogP contribution in [0, 0.1) is 22.7 Å². The highest BCUT2D eigenvalue weighted by molar-refractivity contribution is 7.99. The number of halogens is 2. The van der Waals surface area contributed by atoms with Crippen LogP contribution in [0.5, 0.6) is 11.5 Å². The molecule has 36 heteroatoms. The van der Waals surface area contributed by atoms with Crippen LogP contribution < -0.4 is 20.5 Å². The van der Waals surface area contributed by atoms with Crippen molar-refractivity contribution < 1.29 is 65.9 Å². The number of phosphoric acid groups is 1. The quantitative estimate of drug-likeness (QED) is 0.0203. The number of aliphatic hydroxyl groups excluding tert-OH is 2. The molecule has 119 heavy (non-hydrogen) atoms. The highest BCUT2D eigenvalue weighted by atomic mass is 35.5. The minimum Gasteiger partial charge on any atom is -0.410 e. The molecule has 0 radical (unpaired) electrons. The van der Waals surface area contributed by atoms with Crippen LogP contribution in [0.3, 0.4) is 0 Å². The molecule has 0 spiro atoms. The van der Waals surface area contributed by atoms with Crippen LogP contribution in [0.25, 0.3) is 11.0 Å². The molecule has 4 saturated heterocycles. The molecule has 2 aromatic carbocycles. The van der Waals surface area contributed by atoms with Crippen molar-refractivity contribution in [3.8, 4) is 23.6 Å². The topological polar surface area (TPSA) is 388 Å². The van der Waals surface area contributed by atoms with E-state index in [1.54, 1.807) is 100 Å². The van der Waals surface area contributed by atoms with Crippen LogP contribution >= 0.6 is 62.2 Å². The van der Waals surface area contributed by atoms with Crippen LogP contribution in [0.4, 0.5) is 11.6 Å². The number of aliphatic hydroxyl groups is 2. The molecule has 6 aromatic heterocycles. The zero-order valence-electron chi connectivity index (χ0n) is 69.7. The number of hydrogen-bond donors (Lipinski definition) is 4. The number of hydrogen-bond acceptors (Lipinski definition) is 28. The minimum absolute atomic E-state index is 0.0973. The van der Waals surface area contributed by atoms with Gasteiger partial charge in [0.2, 0.25) is 17.5 Å². The summed E-state index contributed by atoms with van der Waals surface area (Å²) in [6.07, 6.45) is 42.8. The maximum atomic E-state index is 14.4. The third-order valence-corrected chi connectivity index (χ3v) is 26.9. The number of fused-ring (bicyclic) bond motifs is 4.